The summed E-state index contributed by atoms with van der Waals surface area (Å²) in [6.45, 7) is 6.13. The molecule has 0 radical (unpaired) electrons. The van der Waals surface area contributed by atoms with Gasteiger partial charge in [-0.25, -0.2) is 0 Å². The lowest BCUT2D eigenvalue weighted by atomic mass is 10.0. The quantitative estimate of drug-likeness (QED) is 0.452. The highest BCUT2D eigenvalue weighted by Crippen LogP contribution is 2.55. The summed E-state index contributed by atoms with van der Waals surface area (Å²) in [4.78, 5) is 27.5. The Morgan fingerprint density at radius 2 is 1.31 bits per heavy atom. The molecule has 0 spiro atoms. The van der Waals surface area contributed by atoms with E-state index in [0.29, 0.717) is 13.0 Å². The second-order valence-electron chi connectivity index (χ2n) is 7.45. The lowest BCUT2D eigenvalue weighted by Crippen LogP contribution is -2.35. The number of ether oxygens (including phenoxy) is 2. The normalized spacial score (nSPS) is 17.0. The number of esters is 2. The van der Waals surface area contributed by atoms with Crippen LogP contribution in [-0.2, 0) is 32.2 Å². The maximum absolute atomic E-state index is 12.6. The number of carbonyl (C=O) groups excluding carboxylic acids is 2. The first kappa shape index (κ1) is 21.1. The van der Waals surface area contributed by atoms with Crippen molar-refractivity contribution < 1.29 is 19.1 Å². The van der Waals surface area contributed by atoms with E-state index in [2.05, 4.69) is 29.2 Å². The second-order valence-corrected chi connectivity index (χ2v) is 7.45. The first-order chi connectivity index (χ1) is 14.1. The van der Waals surface area contributed by atoms with Gasteiger partial charge in [-0.15, -0.1) is 0 Å². The highest BCUT2D eigenvalue weighted by Gasteiger charge is 2.68. The fraction of sp³-hybridized carbons (Fsp3) is 0.417. The topological polar surface area (TPSA) is 55.8 Å². The number of carbonyl (C=O) groups is 2. The largest absolute Gasteiger partial charge is 0.465 e. The first-order valence-electron chi connectivity index (χ1n) is 10.2. The molecule has 154 valence electrons. The third-order valence-corrected chi connectivity index (χ3v) is 5.36. The van der Waals surface area contributed by atoms with Crippen LogP contribution in [0.4, 0.5) is 0 Å². The predicted octanol–water partition coefficient (Wildman–Crippen LogP) is 3.82. The molecule has 0 bridgehead atoms. The van der Waals surface area contributed by atoms with Gasteiger partial charge < -0.3 is 9.47 Å². The summed E-state index contributed by atoms with van der Waals surface area (Å²) in [5.41, 5.74) is 1.24. The third kappa shape index (κ3) is 5.04. The van der Waals surface area contributed by atoms with Crippen LogP contribution in [0.15, 0.2) is 60.7 Å². The van der Waals surface area contributed by atoms with Crippen LogP contribution in [0.5, 0.6) is 0 Å². The Labute approximate surface area is 172 Å². The van der Waals surface area contributed by atoms with Gasteiger partial charge in [0.25, 0.3) is 0 Å². The standard InChI is InChI=1S/C24H29NO4/c1-3-28-22(26)24(23(27)29-4-2)15-21(24)18-25(16-19-11-7-5-8-12-19)17-20-13-9-6-10-14-20/h5-14,21H,3-4,15-18H2,1-2H3/t21-/m0/s1. The van der Waals surface area contributed by atoms with Crippen LogP contribution in [0.3, 0.4) is 0 Å². The molecule has 2 aromatic carbocycles. The van der Waals surface area contributed by atoms with Gasteiger partial charge in [0.05, 0.1) is 13.2 Å². The average molecular weight is 395 g/mol. The van der Waals surface area contributed by atoms with Gasteiger partial charge in [0.2, 0.25) is 0 Å². The molecule has 0 aliphatic heterocycles. The van der Waals surface area contributed by atoms with Crippen molar-refractivity contribution in [1.29, 1.82) is 0 Å². The fourth-order valence-corrected chi connectivity index (χ4v) is 3.83. The SMILES string of the molecule is CCOC(=O)C1(C(=O)OCC)C[C@H]1CN(Cc1ccccc1)Cc1ccccc1. The molecule has 1 aliphatic rings. The third-order valence-electron chi connectivity index (χ3n) is 5.36. The van der Waals surface area contributed by atoms with Crippen LogP contribution in [-0.4, -0.2) is 36.6 Å². The van der Waals surface area contributed by atoms with E-state index in [0.717, 1.165) is 13.1 Å². The minimum absolute atomic E-state index is 0.104. The highest BCUT2D eigenvalue weighted by molar-refractivity contribution is 6.03. The van der Waals surface area contributed by atoms with E-state index >= 15 is 0 Å². The van der Waals surface area contributed by atoms with Crippen molar-refractivity contribution in [3.8, 4) is 0 Å². The molecule has 0 heterocycles. The molecule has 2 aromatic rings. The van der Waals surface area contributed by atoms with Crippen molar-refractivity contribution in [3.05, 3.63) is 71.8 Å². The van der Waals surface area contributed by atoms with Crippen LogP contribution in [0, 0.1) is 11.3 Å². The van der Waals surface area contributed by atoms with Gasteiger partial charge in [0.15, 0.2) is 5.41 Å². The van der Waals surface area contributed by atoms with Crippen LogP contribution in [0.1, 0.15) is 31.4 Å². The van der Waals surface area contributed by atoms with Crippen molar-refractivity contribution in [2.75, 3.05) is 19.8 Å². The molecule has 5 nitrogen and oxygen atoms in total. The van der Waals surface area contributed by atoms with Gasteiger partial charge in [-0.05, 0) is 31.4 Å². The number of benzene rings is 2. The number of hydrogen-bond acceptors (Lipinski definition) is 5. The number of nitrogens with zero attached hydrogens (tertiary/aromatic N) is 1. The fourth-order valence-electron chi connectivity index (χ4n) is 3.83. The Hall–Kier alpha value is -2.66. The Kier molecular flexibility index (Phi) is 7.04. The Bertz CT molecular complexity index is 747. The van der Waals surface area contributed by atoms with E-state index in [-0.39, 0.29) is 19.1 Å². The lowest BCUT2D eigenvalue weighted by Gasteiger charge is -2.24. The molecule has 0 aromatic heterocycles. The molecule has 5 heteroatoms. The second kappa shape index (κ2) is 9.70. The molecule has 1 fully saturated rings. The summed E-state index contributed by atoms with van der Waals surface area (Å²) in [7, 11) is 0. The summed E-state index contributed by atoms with van der Waals surface area (Å²) in [5, 5.41) is 0. The minimum atomic E-state index is -1.16. The van der Waals surface area contributed by atoms with E-state index in [9.17, 15) is 9.59 Å². The maximum atomic E-state index is 12.6. The Morgan fingerprint density at radius 1 is 0.862 bits per heavy atom. The van der Waals surface area contributed by atoms with Crippen molar-refractivity contribution in [3.63, 3.8) is 0 Å². The van der Waals surface area contributed by atoms with Crippen molar-refractivity contribution in [2.24, 2.45) is 11.3 Å². The molecule has 0 N–H and O–H groups in total. The maximum Gasteiger partial charge on any atom is 0.323 e. The van der Waals surface area contributed by atoms with E-state index in [1.54, 1.807) is 13.8 Å². The summed E-state index contributed by atoms with van der Waals surface area (Å²) in [6, 6.07) is 20.5. The molecule has 1 atom stereocenters. The van der Waals surface area contributed by atoms with Crippen LogP contribution < -0.4 is 0 Å². The van der Waals surface area contributed by atoms with Crippen molar-refractivity contribution in [1.82, 2.24) is 4.90 Å². The monoisotopic (exact) mass is 395 g/mol. The van der Waals surface area contributed by atoms with Gasteiger partial charge in [0, 0.05) is 25.6 Å². The van der Waals surface area contributed by atoms with E-state index in [1.165, 1.54) is 11.1 Å². The van der Waals surface area contributed by atoms with E-state index in [4.69, 9.17) is 9.47 Å². The summed E-state index contributed by atoms with van der Waals surface area (Å²) >= 11 is 0. The average Bonchev–Trinajstić information content (AvgIpc) is 3.45. The summed E-state index contributed by atoms with van der Waals surface area (Å²) < 4.78 is 10.5. The van der Waals surface area contributed by atoms with Crippen LogP contribution >= 0.6 is 0 Å². The molecule has 3 rings (SSSR count). The van der Waals surface area contributed by atoms with Crippen molar-refractivity contribution in [2.45, 2.75) is 33.4 Å². The van der Waals surface area contributed by atoms with Crippen LogP contribution in [0.25, 0.3) is 0 Å². The minimum Gasteiger partial charge on any atom is -0.465 e. The van der Waals surface area contributed by atoms with Gasteiger partial charge in [-0.2, -0.15) is 0 Å². The van der Waals surface area contributed by atoms with Crippen LogP contribution in [0.2, 0.25) is 0 Å². The van der Waals surface area contributed by atoms with Gasteiger partial charge in [-0.1, -0.05) is 60.7 Å². The Balaban J connectivity index is 1.77. The molecular weight excluding hydrogens is 366 g/mol. The summed E-state index contributed by atoms with van der Waals surface area (Å²) in [6.07, 6.45) is 0.477. The van der Waals surface area contributed by atoms with E-state index in [1.807, 2.05) is 36.4 Å². The van der Waals surface area contributed by atoms with Gasteiger partial charge in [-0.3, -0.25) is 14.5 Å². The summed E-state index contributed by atoms with van der Waals surface area (Å²) in [5.74, 6) is -1.02. The highest BCUT2D eigenvalue weighted by atomic mass is 16.6. The predicted molar refractivity (Wildman–Crippen MR) is 111 cm³/mol. The first-order valence-corrected chi connectivity index (χ1v) is 10.2. The van der Waals surface area contributed by atoms with Gasteiger partial charge >= 0.3 is 11.9 Å². The zero-order valence-corrected chi connectivity index (χ0v) is 17.2. The Morgan fingerprint density at radius 3 is 1.72 bits per heavy atom. The lowest BCUT2D eigenvalue weighted by molar-refractivity contribution is -0.165. The molecular formula is C24H29NO4. The molecule has 0 unspecified atom stereocenters. The molecule has 1 saturated carbocycles. The molecule has 0 amide bonds. The smallest absolute Gasteiger partial charge is 0.323 e. The molecule has 1 aliphatic carbocycles. The zero-order valence-electron chi connectivity index (χ0n) is 17.2. The number of rotatable bonds is 10. The number of hydrogen-bond donors (Lipinski definition) is 0. The molecule has 0 saturated heterocycles. The van der Waals surface area contributed by atoms with Gasteiger partial charge in [0.1, 0.15) is 0 Å². The van der Waals surface area contributed by atoms with E-state index < -0.39 is 17.4 Å². The zero-order chi connectivity index (χ0) is 20.7. The van der Waals surface area contributed by atoms with Crippen molar-refractivity contribution >= 4 is 11.9 Å². The molecule has 29 heavy (non-hydrogen) atoms.